The second kappa shape index (κ2) is 4.01. The minimum absolute atomic E-state index is 0.287. The molecule has 1 aliphatic rings. The fraction of sp³-hybridized carbons (Fsp3) is 0.667. The normalized spacial score (nSPS) is 20.3. The first-order valence-corrected chi connectivity index (χ1v) is 9.23. The van der Waals surface area contributed by atoms with Crippen LogP contribution in [0.4, 0.5) is 0 Å². The summed E-state index contributed by atoms with van der Waals surface area (Å²) in [5.74, 6) is -0.662. The molecule has 5 heteroatoms. The maximum atomic E-state index is 10.7. The molecule has 11 heavy (non-hydrogen) atoms. The van der Waals surface area contributed by atoms with Crippen LogP contribution in [0, 0.1) is 0 Å². The molecule has 0 aliphatic carbocycles. The minimum atomic E-state index is -0.545. The highest BCUT2D eigenvalue weighted by Gasteiger charge is 2.50. The molecule has 0 unspecified atom stereocenters. The number of β-lactam (4-membered cyclic amide) rings is 1. The predicted octanol–water partition coefficient (Wildman–Crippen LogP) is 1.58. The number of hydrogen-bond acceptors (Lipinski definition) is 2. The van der Waals surface area contributed by atoms with Crippen LogP contribution in [0.2, 0.25) is 0 Å². The molecule has 3 nitrogen and oxygen atoms in total. The van der Waals surface area contributed by atoms with Gasteiger partial charge in [0.25, 0.3) is 5.91 Å². The summed E-state index contributed by atoms with van der Waals surface area (Å²) in [6.45, 7) is 3.47. The van der Waals surface area contributed by atoms with Crippen molar-refractivity contribution in [2.75, 3.05) is 7.05 Å². The van der Waals surface area contributed by atoms with Gasteiger partial charge in [0.1, 0.15) is 5.54 Å². The van der Waals surface area contributed by atoms with Crippen molar-refractivity contribution in [3.63, 3.8) is 0 Å². The SMILES string of the molecule is CN1C(=O)C(=O)C1(C)C.II. The average Bonchev–Trinajstić information content (AvgIpc) is 2.05. The summed E-state index contributed by atoms with van der Waals surface area (Å²) in [6, 6.07) is 0. The van der Waals surface area contributed by atoms with Crippen molar-refractivity contribution in [3.8, 4) is 0 Å². The summed E-state index contributed by atoms with van der Waals surface area (Å²) >= 11 is 4.24. The number of hydrogen-bond donors (Lipinski definition) is 0. The van der Waals surface area contributed by atoms with Crippen LogP contribution in [0.5, 0.6) is 0 Å². The molecule has 1 heterocycles. The van der Waals surface area contributed by atoms with E-state index in [0.29, 0.717) is 0 Å². The third kappa shape index (κ3) is 1.85. The summed E-state index contributed by atoms with van der Waals surface area (Å²) in [5.41, 5.74) is -0.545. The summed E-state index contributed by atoms with van der Waals surface area (Å²) in [7, 11) is 1.63. The van der Waals surface area contributed by atoms with Crippen molar-refractivity contribution in [2.45, 2.75) is 19.4 Å². The highest BCUT2D eigenvalue weighted by molar-refractivity contribution is 15.0. The number of Topliss-reactive ketones (excluding diaryl/α,β-unsaturated/α-hetero) is 1. The number of likely N-dealkylation sites (tertiary alicyclic amines) is 1. The first-order chi connectivity index (χ1) is 4.98. The van der Waals surface area contributed by atoms with Gasteiger partial charge in [0.05, 0.1) is 0 Å². The largest absolute Gasteiger partial charge is 0.326 e. The van der Waals surface area contributed by atoms with Crippen molar-refractivity contribution in [3.05, 3.63) is 0 Å². The Bertz CT molecular complexity index is 191. The number of amides is 1. The molecule has 0 saturated carbocycles. The monoisotopic (exact) mass is 381 g/mol. The Balaban J connectivity index is 0.000000461. The van der Waals surface area contributed by atoms with Crippen LogP contribution >= 0.6 is 37.2 Å². The number of rotatable bonds is 0. The van der Waals surface area contributed by atoms with Gasteiger partial charge < -0.3 is 4.90 Å². The zero-order valence-corrected chi connectivity index (χ0v) is 10.8. The zero-order valence-electron chi connectivity index (χ0n) is 6.52. The quantitative estimate of drug-likeness (QED) is 0.363. The number of nitrogens with zero attached hydrogens (tertiary/aromatic N) is 1. The third-order valence-electron chi connectivity index (χ3n) is 1.89. The van der Waals surface area contributed by atoms with Gasteiger partial charge in [0, 0.05) is 44.3 Å². The van der Waals surface area contributed by atoms with Crippen LogP contribution in [0.3, 0.4) is 0 Å². The Labute approximate surface area is 89.2 Å². The Morgan fingerprint density at radius 3 is 1.73 bits per heavy atom. The number of carbonyl (C=O) groups excluding carboxylic acids is 2. The van der Waals surface area contributed by atoms with Gasteiger partial charge in [-0.05, 0) is 13.8 Å². The van der Waals surface area contributed by atoms with Gasteiger partial charge >= 0.3 is 0 Å². The van der Waals surface area contributed by atoms with Gasteiger partial charge in [-0.25, -0.2) is 0 Å². The van der Waals surface area contributed by atoms with E-state index >= 15 is 0 Å². The predicted molar refractivity (Wildman–Crippen MR) is 59.9 cm³/mol. The van der Waals surface area contributed by atoms with Gasteiger partial charge in [-0.15, -0.1) is 0 Å². The number of halogens is 2. The molecule has 0 aromatic heterocycles. The van der Waals surface area contributed by atoms with Crippen LogP contribution in [0.1, 0.15) is 13.8 Å². The van der Waals surface area contributed by atoms with Crippen LogP contribution in [0.25, 0.3) is 0 Å². The lowest BCUT2D eigenvalue weighted by Crippen LogP contribution is -2.66. The van der Waals surface area contributed by atoms with Crippen molar-refractivity contribution in [1.29, 1.82) is 0 Å². The highest BCUT2D eigenvalue weighted by Crippen LogP contribution is 2.24. The lowest BCUT2D eigenvalue weighted by Gasteiger charge is -2.42. The molecule has 64 valence electrons. The van der Waals surface area contributed by atoms with Crippen LogP contribution in [-0.4, -0.2) is 29.2 Å². The van der Waals surface area contributed by atoms with Gasteiger partial charge in [0.15, 0.2) is 0 Å². The summed E-state index contributed by atoms with van der Waals surface area (Å²) in [5, 5.41) is 0. The van der Waals surface area contributed by atoms with Crippen LogP contribution in [0.15, 0.2) is 0 Å². The Hall–Kier alpha value is 0.600. The van der Waals surface area contributed by atoms with Gasteiger partial charge in [-0.1, -0.05) is 0 Å². The smallest absolute Gasteiger partial charge is 0.293 e. The second-order valence-electron chi connectivity index (χ2n) is 2.75. The van der Waals surface area contributed by atoms with Gasteiger partial charge in [-0.3, -0.25) is 9.59 Å². The van der Waals surface area contributed by atoms with Gasteiger partial charge in [0.2, 0.25) is 5.78 Å². The van der Waals surface area contributed by atoms with E-state index in [0.717, 1.165) is 0 Å². The highest BCUT2D eigenvalue weighted by atomic mass is 128. The number of ketones is 1. The molecule has 1 fully saturated rings. The van der Waals surface area contributed by atoms with Crippen LogP contribution in [-0.2, 0) is 9.59 Å². The molecule has 0 spiro atoms. The van der Waals surface area contributed by atoms with E-state index in [9.17, 15) is 9.59 Å². The van der Waals surface area contributed by atoms with Gasteiger partial charge in [-0.2, -0.15) is 0 Å². The molecule has 0 aromatic rings. The van der Waals surface area contributed by atoms with Crippen molar-refractivity contribution in [2.24, 2.45) is 0 Å². The molecule has 1 saturated heterocycles. The molecule has 0 aromatic carbocycles. The first kappa shape index (κ1) is 11.6. The molecule has 0 N–H and O–H groups in total. The molecule has 1 aliphatic heterocycles. The maximum Gasteiger partial charge on any atom is 0.293 e. The average molecular weight is 381 g/mol. The second-order valence-corrected chi connectivity index (χ2v) is 2.75. The van der Waals surface area contributed by atoms with Crippen molar-refractivity contribution in [1.82, 2.24) is 4.90 Å². The van der Waals surface area contributed by atoms with Crippen molar-refractivity contribution < 1.29 is 9.59 Å². The molecular formula is C6H9I2NO2. The van der Waals surface area contributed by atoms with E-state index < -0.39 is 5.54 Å². The number of likely N-dealkylation sites (N-methyl/N-ethyl adjacent to an activating group) is 1. The van der Waals surface area contributed by atoms with E-state index in [1.165, 1.54) is 4.90 Å². The van der Waals surface area contributed by atoms with E-state index in [-0.39, 0.29) is 11.7 Å². The lowest BCUT2D eigenvalue weighted by molar-refractivity contribution is -0.165. The van der Waals surface area contributed by atoms with Crippen LogP contribution < -0.4 is 0 Å². The summed E-state index contributed by atoms with van der Waals surface area (Å²) in [4.78, 5) is 22.7. The number of carbonyl (C=O) groups is 2. The van der Waals surface area contributed by atoms with E-state index in [2.05, 4.69) is 37.2 Å². The first-order valence-electron chi connectivity index (χ1n) is 2.95. The summed E-state index contributed by atoms with van der Waals surface area (Å²) in [6.07, 6.45) is 0. The van der Waals surface area contributed by atoms with Crippen molar-refractivity contribution >= 4 is 48.9 Å². The third-order valence-corrected chi connectivity index (χ3v) is 1.89. The van der Waals surface area contributed by atoms with E-state index in [1.54, 1.807) is 20.9 Å². The standard InChI is InChI=1S/C6H9NO2.I2/c1-6(2)4(8)5(9)7(6)3;1-2/h1-3H3;. The molecule has 1 rings (SSSR count). The molecule has 0 atom stereocenters. The maximum absolute atomic E-state index is 10.7. The Kier molecular flexibility index (Phi) is 4.23. The zero-order chi connectivity index (χ0) is 9.23. The lowest BCUT2D eigenvalue weighted by atomic mass is 9.87. The Morgan fingerprint density at radius 2 is 1.64 bits per heavy atom. The fourth-order valence-corrected chi connectivity index (χ4v) is 0.767. The molecular weight excluding hydrogens is 372 g/mol. The molecule has 0 bridgehead atoms. The topological polar surface area (TPSA) is 37.4 Å². The molecule has 1 amide bonds. The van der Waals surface area contributed by atoms with E-state index in [4.69, 9.17) is 0 Å². The fourth-order valence-electron chi connectivity index (χ4n) is 0.767. The molecule has 0 radical (unpaired) electrons. The summed E-state index contributed by atoms with van der Waals surface area (Å²) < 4.78 is 0. The minimum Gasteiger partial charge on any atom is -0.326 e. The Morgan fingerprint density at radius 1 is 1.27 bits per heavy atom. The van der Waals surface area contributed by atoms with E-state index in [1.807, 2.05) is 0 Å².